The monoisotopic (exact) mass is 306 g/mol. The van der Waals surface area contributed by atoms with Gasteiger partial charge in [0.1, 0.15) is 11.6 Å². The van der Waals surface area contributed by atoms with Gasteiger partial charge in [-0.1, -0.05) is 23.8 Å². The molecule has 0 radical (unpaired) electrons. The van der Waals surface area contributed by atoms with E-state index in [0.29, 0.717) is 0 Å². The lowest BCUT2D eigenvalue weighted by Crippen LogP contribution is -2.26. The average Bonchev–Trinajstić information content (AvgIpc) is 2.42. The Morgan fingerprint density at radius 3 is 2.45 bits per heavy atom. The molecular weight excluding hydrogens is 293 g/mol. The molecule has 0 bridgehead atoms. The highest BCUT2D eigenvalue weighted by Gasteiger charge is 2.35. The van der Waals surface area contributed by atoms with Crippen molar-refractivity contribution >= 4 is 0 Å². The Morgan fingerprint density at radius 1 is 1.23 bits per heavy atom. The van der Waals surface area contributed by atoms with Crippen LogP contribution >= 0.6 is 0 Å². The Morgan fingerprint density at radius 2 is 1.91 bits per heavy atom. The van der Waals surface area contributed by atoms with E-state index in [2.05, 4.69) is 0 Å². The summed E-state index contributed by atoms with van der Waals surface area (Å²) in [5.41, 5.74) is -0.200. The van der Waals surface area contributed by atoms with Gasteiger partial charge in [0.05, 0.1) is 12.1 Å². The van der Waals surface area contributed by atoms with E-state index in [1.807, 2.05) is 32.0 Å². The first-order valence-corrected chi connectivity index (χ1v) is 6.51. The van der Waals surface area contributed by atoms with E-state index in [9.17, 15) is 18.0 Å². The average molecular weight is 306 g/mol. The van der Waals surface area contributed by atoms with Crippen LogP contribution in [0.1, 0.15) is 27.8 Å². The molecule has 0 N–H and O–H groups in total. The van der Waals surface area contributed by atoms with Crippen LogP contribution in [-0.2, 0) is 12.7 Å². The van der Waals surface area contributed by atoms with Gasteiger partial charge in [0, 0.05) is 6.20 Å². The number of hydrogen-bond donors (Lipinski definition) is 0. The first-order chi connectivity index (χ1) is 10.2. The zero-order valence-electron chi connectivity index (χ0n) is 12.0. The minimum atomic E-state index is -4.72. The van der Waals surface area contributed by atoms with Crippen molar-refractivity contribution in [3.63, 3.8) is 0 Å². The molecule has 1 heterocycles. The number of alkyl halides is 3. The number of nitrogens with zero attached hydrogens (tertiary/aromatic N) is 2. The maximum absolute atomic E-state index is 12.8. The molecule has 0 aliphatic rings. The molecule has 2 aromatic rings. The number of rotatable bonds is 2. The van der Waals surface area contributed by atoms with Crippen LogP contribution in [0.5, 0.6) is 0 Å². The van der Waals surface area contributed by atoms with Crippen LogP contribution in [0.15, 0.2) is 35.3 Å². The van der Waals surface area contributed by atoms with Crippen molar-refractivity contribution in [1.29, 1.82) is 5.26 Å². The molecule has 1 aromatic heterocycles. The number of halogens is 3. The molecule has 114 valence electrons. The van der Waals surface area contributed by atoms with E-state index >= 15 is 0 Å². The Hall–Kier alpha value is -2.55. The highest BCUT2D eigenvalue weighted by molar-refractivity contribution is 5.38. The van der Waals surface area contributed by atoms with E-state index in [-0.39, 0.29) is 6.54 Å². The normalized spacial score (nSPS) is 11.3. The molecule has 0 fully saturated rings. The number of hydrogen-bond acceptors (Lipinski definition) is 2. The predicted octanol–water partition coefficient (Wildman–Crippen LogP) is 3.40. The van der Waals surface area contributed by atoms with Gasteiger partial charge in [0.15, 0.2) is 0 Å². The molecule has 0 unspecified atom stereocenters. The van der Waals surface area contributed by atoms with Gasteiger partial charge in [-0.3, -0.25) is 4.79 Å². The number of nitriles is 1. The third-order valence-corrected chi connectivity index (χ3v) is 3.42. The van der Waals surface area contributed by atoms with Crippen LogP contribution in [-0.4, -0.2) is 4.57 Å². The van der Waals surface area contributed by atoms with Gasteiger partial charge >= 0.3 is 6.18 Å². The smallest absolute Gasteiger partial charge is 0.310 e. The fraction of sp³-hybridized carbons (Fsp3) is 0.250. The van der Waals surface area contributed by atoms with Crippen molar-refractivity contribution in [1.82, 2.24) is 4.57 Å². The molecule has 0 spiro atoms. The SMILES string of the molecule is Cc1ccc(Cn2ccc(C(F)(F)F)c(C#N)c2=O)c(C)c1. The van der Waals surface area contributed by atoms with Crippen molar-refractivity contribution in [2.75, 3.05) is 0 Å². The van der Waals surface area contributed by atoms with Gasteiger partial charge in [-0.2, -0.15) is 18.4 Å². The molecule has 2 rings (SSSR count). The molecule has 22 heavy (non-hydrogen) atoms. The summed E-state index contributed by atoms with van der Waals surface area (Å²) in [6.45, 7) is 3.91. The van der Waals surface area contributed by atoms with Gasteiger partial charge in [-0.05, 0) is 31.0 Å². The number of benzene rings is 1. The van der Waals surface area contributed by atoms with Crippen molar-refractivity contribution in [3.8, 4) is 6.07 Å². The first-order valence-electron chi connectivity index (χ1n) is 6.51. The largest absolute Gasteiger partial charge is 0.417 e. The lowest BCUT2D eigenvalue weighted by Gasteiger charge is -2.13. The summed E-state index contributed by atoms with van der Waals surface area (Å²) in [4.78, 5) is 12.1. The molecule has 0 aliphatic carbocycles. The standard InChI is InChI=1S/C16H13F3N2O/c1-10-3-4-12(11(2)7-10)9-21-6-5-14(16(17,18)19)13(8-20)15(21)22/h3-7H,9H2,1-2H3. The Labute approximate surface area is 125 Å². The van der Waals surface area contributed by atoms with Crippen molar-refractivity contribution in [2.45, 2.75) is 26.6 Å². The topological polar surface area (TPSA) is 45.8 Å². The summed E-state index contributed by atoms with van der Waals surface area (Å²) in [7, 11) is 0. The fourth-order valence-electron chi connectivity index (χ4n) is 2.25. The maximum Gasteiger partial charge on any atom is 0.417 e. The quantitative estimate of drug-likeness (QED) is 0.853. The lowest BCUT2D eigenvalue weighted by atomic mass is 10.1. The summed E-state index contributed by atoms with van der Waals surface area (Å²) < 4.78 is 39.5. The van der Waals surface area contributed by atoms with Gasteiger partial charge in [-0.15, -0.1) is 0 Å². The molecule has 6 heteroatoms. The Bertz CT molecular complexity index is 814. The molecule has 1 aromatic carbocycles. The minimum absolute atomic E-state index is 0.123. The zero-order chi connectivity index (χ0) is 16.5. The van der Waals surface area contributed by atoms with E-state index in [1.54, 1.807) is 0 Å². The first kappa shape index (κ1) is 15.8. The maximum atomic E-state index is 12.8. The third kappa shape index (κ3) is 3.03. The molecule has 0 amide bonds. The molecule has 3 nitrogen and oxygen atoms in total. The van der Waals surface area contributed by atoms with Gasteiger partial charge in [-0.25, -0.2) is 0 Å². The third-order valence-electron chi connectivity index (χ3n) is 3.42. The van der Waals surface area contributed by atoms with Crippen LogP contribution in [0, 0.1) is 25.2 Å². The van der Waals surface area contributed by atoms with Crippen LogP contribution < -0.4 is 5.56 Å². The molecule has 0 saturated carbocycles. The number of pyridine rings is 1. The summed E-state index contributed by atoms with van der Waals surface area (Å²) in [6.07, 6.45) is -3.64. The molecule has 0 aliphatic heterocycles. The van der Waals surface area contributed by atoms with Gasteiger partial charge in [0.25, 0.3) is 5.56 Å². The van der Waals surface area contributed by atoms with Crippen molar-refractivity contribution < 1.29 is 13.2 Å². The van der Waals surface area contributed by atoms with Crippen LogP contribution in [0.25, 0.3) is 0 Å². The second-order valence-electron chi connectivity index (χ2n) is 5.08. The lowest BCUT2D eigenvalue weighted by molar-refractivity contribution is -0.137. The van der Waals surface area contributed by atoms with Crippen molar-refractivity contribution in [2.24, 2.45) is 0 Å². The molecular formula is C16H13F3N2O. The Balaban J connectivity index is 2.50. The highest BCUT2D eigenvalue weighted by atomic mass is 19.4. The summed E-state index contributed by atoms with van der Waals surface area (Å²) in [5.74, 6) is 0. The predicted molar refractivity (Wildman–Crippen MR) is 75.4 cm³/mol. The highest BCUT2D eigenvalue weighted by Crippen LogP contribution is 2.30. The second-order valence-corrected chi connectivity index (χ2v) is 5.08. The van der Waals surface area contributed by atoms with E-state index in [4.69, 9.17) is 5.26 Å². The minimum Gasteiger partial charge on any atom is -0.310 e. The summed E-state index contributed by atoms with van der Waals surface area (Å²) >= 11 is 0. The molecule has 0 saturated heterocycles. The summed E-state index contributed by atoms with van der Waals surface area (Å²) in [6, 6.07) is 7.74. The van der Waals surface area contributed by atoms with Crippen LogP contribution in [0.3, 0.4) is 0 Å². The van der Waals surface area contributed by atoms with Gasteiger partial charge < -0.3 is 4.57 Å². The van der Waals surface area contributed by atoms with Crippen LogP contribution in [0.2, 0.25) is 0 Å². The van der Waals surface area contributed by atoms with Gasteiger partial charge in [0.2, 0.25) is 0 Å². The fourth-order valence-corrected chi connectivity index (χ4v) is 2.25. The molecule has 0 atom stereocenters. The zero-order valence-corrected chi connectivity index (χ0v) is 12.0. The number of aromatic nitrogens is 1. The van der Waals surface area contributed by atoms with Crippen molar-refractivity contribution in [3.05, 3.63) is 68.6 Å². The second kappa shape index (κ2) is 5.68. The Kier molecular flexibility index (Phi) is 4.09. The van der Waals surface area contributed by atoms with Crippen LogP contribution in [0.4, 0.5) is 13.2 Å². The summed E-state index contributed by atoms with van der Waals surface area (Å²) in [5, 5.41) is 8.88. The van der Waals surface area contributed by atoms with E-state index < -0.39 is 22.9 Å². The van der Waals surface area contributed by atoms with E-state index in [0.717, 1.165) is 33.5 Å². The van der Waals surface area contributed by atoms with E-state index in [1.165, 1.54) is 6.07 Å². The number of aryl methyl sites for hydroxylation is 2.